The summed E-state index contributed by atoms with van der Waals surface area (Å²) in [5, 5.41) is 0. The standard InChI is InChI=1S/C15H27N3O2/c16-13-3-6-17(12-13)14(19)11-15(4-1-2-5-15)18-7-9-20-10-8-18/h13H,1-12,16H2/t13-/m1/s1. The van der Waals surface area contributed by atoms with E-state index in [1.165, 1.54) is 25.7 Å². The van der Waals surface area contributed by atoms with Crippen LogP contribution in [0.1, 0.15) is 38.5 Å². The van der Waals surface area contributed by atoms with Crippen molar-refractivity contribution in [1.29, 1.82) is 0 Å². The van der Waals surface area contributed by atoms with Crippen LogP contribution in [0.15, 0.2) is 0 Å². The molecule has 20 heavy (non-hydrogen) atoms. The molecule has 3 rings (SSSR count). The van der Waals surface area contributed by atoms with Gasteiger partial charge in [-0.1, -0.05) is 12.8 Å². The number of carbonyl (C=O) groups excluding carboxylic acids is 1. The van der Waals surface area contributed by atoms with E-state index in [9.17, 15) is 4.79 Å². The molecular weight excluding hydrogens is 254 g/mol. The fraction of sp³-hybridized carbons (Fsp3) is 0.933. The second-order valence-electron chi connectivity index (χ2n) is 6.60. The summed E-state index contributed by atoms with van der Waals surface area (Å²) in [4.78, 5) is 17.1. The highest BCUT2D eigenvalue weighted by Gasteiger charge is 2.42. The van der Waals surface area contributed by atoms with Crippen LogP contribution in [0.2, 0.25) is 0 Å². The predicted octanol–water partition coefficient (Wildman–Crippen LogP) is 0.581. The minimum Gasteiger partial charge on any atom is -0.379 e. The van der Waals surface area contributed by atoms with Gasteiger partial charge in [-0.3, -0.25) is 9.69 Å². The van der Waals surface area contributed by atoms with E-state index in [4.69, 9.17) is 10.5 Å². The van der Waals surface area contributed by atoms with Crippen molar-refractivity contribution >= 4 is 5.91 Å². The van der Waals surface area contributed by atoms with Gasteiger partial charge in [0.1, 0.15) is 0 Å². The van der Waals surface area contributed by atoms with Gasteiger partial charge in [0, 0.05) is 44.2 Å². The number of hydrogen-bond donors (Lipinski definition) is 1. The average Bonchev–Trinajstić information content (AvgIpc) is 3.10. The fourth-order valence-corrected chi connectivity index (χ4v) is 4.08. The van der Waals surface area contributed by atoms with Gasteiger partial charge in [0.05, 0.1) is 13.2 Å². The molecule has 114 valence electrons. The van der Waals surface area contributed by atoms with E-state index in [-0.39, 0.29) is 11.6 Å². The topological polar surface area (TPSA) is 58.8 Å². The molecule has 1 aliphatic carbocycles. The summed E-state index contributed by atoms with van der Waals surface area (Å²) in [7, 11) is 0. The van der Waals surface area contributed by atoms with Crippen LogP contribution in [0, 0.1) is 0 Å². The Morgan fingerprint density at radius 2 is 1.90 bits per heavy atom. The van der Waals surface area contributed by atoms with Gasteiger partial charge in [0.15, 0.2) is 0 Å². The Labute approximate surface area is 121 Å². The van der Waals surface area contributed by atoms with E-state index in [2.05, 4.69) is 4.90 Å². The van der Waals surface area contributed by atoms with Crippen molar-refractivity contribution in [3.05, 3.63) is 0 Å². The van der Waals surface area contributed by atoms with Crippen LogP contribution in [-0.4, -0.2) is 66.7 Å². The molecule has 2 aliphatic heterocycles. The maximum absolute atomic E-state index is 12.6. The first-order valence-corrected chi connectivity index (χ1v) is 8.06. The zero-order valence-electron chi connectivity index (χ0n) is 12.4. The summed E-state index contributed by atoms with van der Waals surface area (Å²) < 4.78 is 5.47. The van der Waals surface area contributed by atoms with Crippen molar-refractivity contribution in [2.75, 3.05) is 39.4 Å². The van der Waals surface area contributed by atoms with Crippen LogP contribution >= 0.6 is 0 Å². The molecule has 0 aromatic carbocycles. The number of nitrogens with zero attached hydrogens (tertiary/aromatic N) is 2. The van der Waals surface area contributed by atoms with Crippen LogP contribution in [0.3, 0.4) is 0 Å². The summed E-state index contributed by atoms with van der Waals surface area (Å²) in [6.45, 7) is 5.17. The highest BCUT2D eigenvalue weighted by atomic mass is 16.5. The maximum Gasteiger partial charge on any atom is 0.224 e. The summed E-state index contributed by atoms with van der Waals surface area (Å²) in [6, 6.07) is 0.182. The first kappa shape index (κ1) is 14.3. The van der Waals surface area contributed by atoms with Gasteiger partial charge in [0.2, 0.25) is 5.91 Å². The van der Waals surface area contributed by atoms with Crippen LogP contribution < -0.4 is 5.73 Å². The monoisotopic (exact) mass is 281 g/mol. The smallest absolute Gasteiger partial charge is 0.224 e. The Morgan fingerprint density at radius 3 is 2.50 bits per heavy atom. The molecule has 0 spiro atoms. The molecule has 5 heteroatoms. The maximum atomic E-state index is 12.6. The van der Waals surface area contributed by atoms with Crippen molar-refractivity contribution in [3.8, 4) is 0 Å². The minimum atomic E-state index is 0.105. The lowest BCUT2D eigenvalue weighted by Gasteiger charge is -2.43. The summed E-state index contributed by atoms with van der Waals surface area (Å²) in [6.07, 6.45) is 6.47. The van der Waals surface area contributed by atoms with Gasteiger partial charge in [-0.05, 0) is 19.3 Å². The van der Waals surface area contributed by atoms with Crippen molar-refractivity contribution in [3.63, 3.8) is 0 Å². The lowest BCUT2D eigenvalue weighted by atomic mass is 9.89. The molecule has 0 aromatic heterocycles. The molecule has 0 bridgehead atoms. The van der Waals surface area contributed by atoms with E-state index in [1.54, 1.807) is 0 Å². The van der Waals surface area contributed by atoms with E-state index < -0.39 is 0 Å². The number of morpholine rings is 1. The van der Waals surface area contributed by atoms with Crippen molar-refractivity contribution in [2.24, 2.45) is 5.73 Å². The Balaban J connectivity index is 1.66. The second-order valence-corrected chi connectivity index (χ2v) is 6.60. The molecule has 1 saturated carbocycles. The summed E-state index contributed by atoms with van der Waals surface area (Å²) in [5.74, 6) is 0.311. The third kappa shape index (κ3) is 2.85. The SMILES string of the molecule is N[C@@H]1CCN(C(=O)CC2(N3CCOCC3)CCCC2)C1. The number of carbonyl (C=O) groups is 1. The van der Waals surface area contributed by atoms with E-state index >= 15 is 0 Å². The van der Waals surface area contributed by atoms with Crippen molar-refractivity contribution < 1.29 is 9.53 Å². The van der Waals surface area contributed by atoms with Gasteiger partial charge >= 0.3 is 0 Å². The average molecular weight is 281 g/mol. The third-order valence-electron chi connectivity index (χ3n) is 5.27. The van der Waals surface area contributed by atoms with E-state index in [0.717, 1.165) is 45.8 Å². The molecule has 1 atom stereocenters. The second kappa shape index (κ2) is 6.00. The van der Waals surface area contributed by atoms with Crippen molar-refractivity contribution in [1.82, 2.24) is 9.80 Å². The normalized spacial score (nSPS) is 30.9. The summed E-state index contributed by atoms with van der Waals surface area (Å²) >= 11 is 0. The Hall–Kier alpha value is -0.650. The van der Waals surface area contributed by atoms with Crippen molar-refractivity contribution in [2.45, 2.75) is 50.1 Å². The number of rotatable bonds is 3. The lowest BCUT2D eigenvalue weighted by molar-refractivity contribution is -0.134. The number of likely N-dealkylation sites (tertiary alicyclic amines) is 1. The Kier molecular flexibility index (Phi) is 4.29. The van der Waals surface area contributed by atoms with Crippen LogP contribution in [0.5, 0.6) is 0 Å². The molecule has 0 unspecified atom stereocenters. The molecule has 0 aromatic rings. The zero-order chi connectivity index (χ0) is 14.0. The molecule has 0 radical (unpaired) electrons. The fourth-order valence-electron chi connectivity index (χ4n) is 4.08. The van der Waals surface area contributed by atoms with Gasteiger partial charge in [-0.15, -0.1) is 0 Å². The number of ether oxygens (including phenoxy) is 1. The van der Waals surface area contributed by atoms with E-state index in [1.807, 2.05) is 4.90 Å². The number of amides is 1. The zero-order valence-corrected chi connectivity index (χ0v) is 12.4. The molecule has 3 aliphatic rings. The van der Waals surface area contributed by atoms with Gasteiger partial charge < -0.3 is 15.4 Å². The molecule has 2 N–H and O–H groups in total. The van der Waals surface area contributed by atoms with Gasteiger partial charge in [-0.2, -0.15) is 0 Å². The molecule has 1 amide bonds. The largest absolute Gasteiger partial charge is 0.379 e. The van der Waals surface area contributed by atoms with Gasteiger partial charge in [0.25, 0.3) is 0 Å². The summed E-state index contributed by atoms with van der Waals surface area (Å²) in [5.41, 5.74) is 6.03. The van der Waals surface area contributed by atoms with Crippen LogP contribution in [0.4, 0.5) is 0 Å². The quantitative estimate of drug-likeness (QED) is 0.822. The highest BCUT2D eigenvalue weighted by molar-refractivity contribution is 5.78. The number of hydrogen-bond acceptors (Lipinski definition) is 4. The number of nitrogens with two attached hydrogens (primary N) is 1. The highest BCUT2D eigenvalue weighted by Crippen LogP contribution is 2.39. The Bertz CT molecular complexity index is 349. The molecule has 5 nitrogen and oxygen atoms in total. The van der Waals surface area contributed by atoms with Crippen LogP contribution in [-0.2, 0) is 9.53 Å². The Morgan fingerprint density at radius 1 is 1.20 bits per heavy atom. The van der Waals surface area contributed by atoms with Crippen LogP contribution in [0.25, 0.3) is 0 Å². The third-order valence-corrected chi connectivity index (χ3v) is 5.27. The predicted molar refractivity (Wildman–Crippen MR) is 77.4 cm³/mol. The molecule has 2 heterocycles. The molecule has 3 fully saturated rings. The molecule has 2 saturated heterocycles. The first-order valence-electron chi connectivity index (χ1n) is 8.06. The first-order chi connectivity index (χ1) is 9.70. The lowest BCUT2D eigenvalue weighted by Crippen LogP contribution is -2.54. The molecular formula is C15H27N3O2. The minimum absolute atomic E-state index is 0.105. The van der Waals surface area contributed by atoms with Gasteiger partial charge in [-0.25, -0.2) is 0 Å². The van der Waals surface area contributed by atoms with E-state index in [0.29, 0.717) is 12.3 Å².